The van der Waals surface area contributed by atoms with Gasteiger partial charge in [0.15, 0.2) is 0 Å². The number of thiophene rings is 1. The van der Waals surface area contributed by atoms with E-state index in [1.54, 1.807) is 11.3 Å². The SMILES string of the molecule is OC(c1csc2ccccc12)C1CCCc2cccnc21. The second kappa shape index (κ2) is 5.24. The normalized spacial score (nSPS) is 19.4. The van der Waals surface area contributed by atoms with Crippen LogP contribution in [0.5, 0.6) is 0 Å². The number of nitrogens with zero attached hydrogens (tertiary/aromatic N) is 1. The van der Waals surface area contributed by atoms with Crippen molar-refractivity contribution in [2.45, 2.75) is 31.3 Å². The van der Waals surface area contributed by atoms with Gasteiger partial charge in [-0.1, -0.05) is 24.3 Å². The van der Waals surface area contributed by atoms with Crippen LogP contribution in [0, 0.1) is 0 Å². The molecule has 2 aromatic heterocycles. The Hall–Kier alpha value is -1.71. The molecule has 106 valence electrons. The van der Waals surface area contributed by atoms with E-state index in [9.17, 15) is 5.11 Å². The van der Waals surface area contributed by atoms with E-state index in [2.05, 4.69) is 28.6 Å². The van der Waals surface area contributed by atoms with Crippen LogP contribution in [0.25, 0.3) is 10.1 Å². The number of fused-ring (bicyclic) bond motifs is 2. The molecule has 3 aromatic rings. The molecule has 2 nitrogen and oxygen atoms in total. The van der Waals surface area contributed by atoms with Crippen molar-refractivity contribution in [3.8, 4) is 0 Å². The van der Waals surface area contributed by atoms with Gasteiger partial charge in [0, 0.05) is 22.5 Å². The molecule has 1 aliphatic carbocycles. The summed E-state index contributed by atoms with van der Waals surface area (Å²) in [4.78, 5) is 4.56. The first-order chi connectivity index (χ1) is 10.3. The van der Waals surface area contributed by atoms with Gasteiger partial charge >= 0.3 is 0 Å². The van der Waals surface area contributed by atoms with Gasteiger partial charge in [0.2, 0.25) is 0 Å². The summed E-state index contributed by atoms with van der Waals surface area (Å²) in [7, 11) is 0. The van der Waals surface area contributed by atoms with E-state index in [1.165, 1.54) is 15.6 Å². The zero-order chi connectivity index (χ0) is 14.2. The molecule has 0 aliphatic heterocycles. The summed E-state index contributed by atoms with van der Waals surface area (Å²) >= 11 is 1.71. The fraction of sp³-hybridized carbons (Fsp3) is 0.278. The average molecular weight is 295 g/mol. The van der Waals surface area contributed by atoms with E-state index in [-0.39, 0.29) is 5.92 Å². The first kappa shape index (κ1) is 13.0. The predicted octanol–water partition coefficient (Wildman–Crippen LogP) is 4.45. The molecule has 1 aliphatic rings. The van der Waals surface area contributed by atoms with Crippen LogP contribution in [-0.4, -0.2) is 10.1 Å². The topological polar surface area (TPSA) is 33.1 Å². The smallest absolute Gasteiger partial charge is 0.0887 e. The molecule has 0 saturated carbocycles. The maximum atomic E-state index is 10.9. The third-order valence-corrected chi connectivity index (χ3v) is 5.43. The number of benzene rings is 1. The number of aromatic nitrogens is 1. The summed E-state index contributed by atoms with van der Waals surface area (Å²) in [5.41, 5.74) is 3.44. The predicted molar refractivity (Wildman–Crippen MR) is 86.7 cm³/mol. The number of hydrogen-bond acceptors (Lipinski definition) is 3. The first-order valence-electron chi connectivity index (χ1n) is 7.42. The van der Waals surface area contributed by atoms with Gasteiger partial charge in [0.25, 0.3) is 0 Å². The van der Waals surface area contributed by atoms with Gasteiger partial charge < -0.3 is 5.11 Å². The molecule has 1 N–H and O–H groups in total. The quantitative estimate of drug-likeness (QED) is 0.757. The lowest BCUT2D eigenvalue weighted by atomic mass is 9.81. The van der Waals surface area contributed by atoms with Crippen molar-refractivity contribution in [3.05, 3.63) is 64.8 Å². The maximum Gasteiger partial charge on any atom is 0.0887 e. The number of pyridine rings is 1. The Labute approximate surface area is 128 Å². The summed E-state index contributed by atoms with van der Waals surface area (Å²) in [5.74, 6) is 0.118. The van der Waals surface area contributed by atoms with Crippen LogP contribution >= 0.6 is 11.3 Å². The Bertz CT molecular complexity index is 779. The monoisotopic (exact) mass is 295 g/mol. The van der Waals surface area contributed by atoms with Crippen LogP contribution in [0.4, 0.5) is 0 Å². The molecule has 0 radical (unpaired) electrons. The fourth-order valence-corrected chi connectivity index (χ4v) is 4.39. The molecule has 0 bridgehead atoms. The molecule has 2 heterocycles. The highest BCUT2D eigenvalue weighted by atomic mass is 32.1. The van der Waals surface area contributed by atoms with E-state index in [1.807, 2.05) is 24.4 Å². The van der Waals surface area contributed by atoms with Crippen molar-refractivity contribution in [1.29, 1.82) is 0 Å². The van der Waals surface area contributed by atoms with Gasteiger partial charge in [-0.25, -0.2) is 0 Å². The summed E-state index contributed by atoms with van der Waals surface area (Å²) in [6.45, 7) is 0. The lowest BCUT2D eigenvalue weighted by Crippen LogP contribution is -2.18. The van der Waals surface area contributed by atoms with Gasteiger partial charge in [-0.2, -0.15) is 0 Å². The highest BCUT2D eigenvalue weighted by molar-refractivity contribution is 7.17. The standard InChI is InChI=1S/C18H17NOS/c20-18(15-11-21-16-9-2-1-7-13(15)16)14-8-3-5-12-6-4-10-19-17(12)14/h1-2,4,6-7,9-11,14,18,20H,3,5,8H2. The van der Waals surface area contributed by atoms with Crippen LogP contribution in [0.15, 0.2) is 48.0 Å². The fourth-order valence-electron chi connectivity index (χ4n) is 3.40. The van der Waals surface area contributed by atoms with Crippen LogP contribution in [0.2, 0.25) is 0 Å². The minimum atomic E-state index is -0.463. The Balaban J connectivity index is 1.77. The molecule has 3 heteroatoms. The third-order valence-electron chi connectivity index (χ3n) is 4.45. The lowest BCUT2D eigenvalue weighted by molar-refractivity contribution is 0.135. The van der Waals surface area contributed by atoms with Crippen molar-refractivity contribution in [2.75, 3.05) is 0 Å². The number of aliphatic hydroxyl groups is 1. The van der Waals surface area contributed by atoms with Crippen LogP contribution in [0.3, 0.4) is 0 Å². The summed E-state index contributed by atoms with van der Waals surface area (Å²) in [6.07, 6.45) is 4.60. The van der Waals surface area contributed by atoms with Gasteiger partial charge in [0.1, 0.15) is 0 Å². The van der Waals surface area contributed by atoms with Gasteiger partial charge in [-0.15, -0.1) is 11.3 Å². The zero-order valence-corrected chi connectivity index (χ0v) is 12.5. The molecule has 0 fully saturated rings. The van der Waals surface area contributed by atoms with E-state index in [4.69, 9.17) is 0 Å². The van der Waals surface area contributed by atoms with Crippen molar-refractivity contribution < 1.29 is 5.11 Å². The summed E-state index contributed by atoms with van der Waals surface area (Å²) < 4.78 is 1.24. The molecular formula is C18H17NOS. The molecule has 2 unspecified atom stereocenters. The summed E-state index contributed by atoms with van der Waals surface area (Å²) in [5, 5.41) is 14.2. The number of aryl methyl sites for hydroxylation is 1. The molecule has 4 rings (SSSR count). The van der Waals surface area contributed by atoms with Crippen LogP contribution in [-0.2, 0) is 6.42 Å². The number of aliphatic hydroxyl groups excluding tert-OH is 1. The second-order valence-electron chi connectivity index (χ2n) is 5.68. The van der Waals surface area contributed by atoms with Crippen LogP contribution < -0.4 is 0 Å². The van der Waals surface area contributed by atoms with Gasteiger partial charge in [0.05, 0.1) is 6.10 Å². The molecule has 21 heavy (non-hydrogen) atoms. The van der Waals surface area contributed by atoms with Crippen molar-refractivity contribution in [2.24, 2.45) is 0 Å². The van der Waals surface area contributed by atoms with E-state index in [0.717, 1.165) is 30.5 Å². The first-order valence-corrected chi connectivity index (χ1v) is 8.30. The zero-order valence-electron chi connectivity index (χ0n) is 11.7. The number of rotatable bonds is 2. The van der Waals surface area contributed by atoms with Crippen molar-refractivity contribution in [3.63, 3.8) is 0 Å². The second-order valence-corrected chi connectivity index (χ2v) is 6.59. The maximum absolute atomic E-state index is 10.9. The Kier molecular flexibility index (Phi) is 3.24. The van der Waals surface area contributed by atoms with Crippen molar-refractivity contribution >= 4 is 21.4 Å². The molecular weight excluding hydrogens is 278 g/mol. The average Bonchev–Trinajstić information content (AvgIpc) is 2.98. The van der Waals surface area contributed by atoms with E-state index in [0.29, 0.717) is 0 Å². The van der Waals surface area contributed by atoms with Gasteiger partial charge in [-0.05, 0) is 53.3 Å². The number of hydrogen-bond donors (Lipinski definition) is 1. The molecule has 0 spiro atoms. The Morgan fingerprint density at radius 2 is 2.10 bits per heavy atom. The van der Waals surface area contributed by atoms with E-state index < -0.39 is 6.10 Å². The minimum absolute atomic E-state index is 0.118. The molecule has 1 aromatic carbocycles. The van der Waals surface area contributed by atoms with Gasteiger partial charge in [-0.3, -0.25) is 4.98 Å². The van der Waals surface area contributed by atoms with E-state index >= 15 is 0 Å². The highest BCUT2D eigenvalue weighted by Gasteiger charge is 2.30. The highest BCUT2D eigenvalue weighted by Crippen LogP contribution is 2.42. The summed E-state index contributed by atoms with van der Waals surface area (Å²) in [6, 6.07) is 12.4. The van der Waals surface area contributed by atoms with Crippen LogP contribution in [0.1, 0.15) is 41.7 Å². The Morgan fingerprint density at radius 1 is 1.19 bits per heavy atom. The van der Waals surface area contributed by atoms with Crippen molar-refractivity contribution in [1.82, 2.24) is 4.98 Å². The Morgan fingerprint density at radius 3 is 3.05 bits per heavy atom. The largest absolute Gasteiger partial charge is 0.388 e. The molecule has 0 saturated heterocycles. The minimum Gasteiger partial charge on any atom is -0.388 e. The molecule has 2 atom stereocenters. The third kappa shape index (κ3) is 2.17. The lowest BCUT2D eigenvalue weighted by Gasteiger charge is -2.28. The molecule has 0 amide bonds.